The van der Waals surface area contributed by atoms with Crippen LogP contribution in [0.1, 0.15) is 32.1 Å². The lowest BCUT2D eigenvalue weighted by Gasteiger charge is -2.30. The summed E-state index contributed by atoms with van der Waals surface area (Å²) in [4.78, 5) is 14.0. The highest BCUT2D eigenvalue weighted by Gasteiger charge is 2.39. The fraction of sp³-hybridized carbons (Fsp3) is 0.917. The highest BCUT2D eigenvalue weighted by Crippen LogP contribution is 2.29. The summed E-state index contributed by atoms with van der Waals surface area (Å²) in [7, 11) is 1.87. The van der Waals surface area contributed by atoms with E-state index >= 15 is 0 Å². The van der Waals surface area contributed by atoms with Crippen molar-refractivity contribution in [3.63, 3.8) is 0 Å². The van der Waals surface area contributed by atoms with Gasteiger partial charge in [0.05, 0.1) is 12.1 Å². The van der Waals surface area contributed by atoms with Crippen LogP contribution in [0.2, 0.25) is 0 Å². The van der Waals surface area contributed by atoms with Gasteiger partial charge >= 0.3 is 0 Å². The Morgan fingerprint density at radius 2 is 2.19 bits per heavy atom. The van der Waals surface area contributed by atoms with E-state index in [1.165, 1.54) is 0 Å². The maximum absolute atomic E-state index is 12.2. The second-order valence-electron chi connectivity index (χ2n) is 5.28. The molecule has 1 saturated heterocycles. The molecule has 1 aliphatic heterocycles. The number of carbonyl (C=O) groups excluding carboxylic acids is 1. The third-order valence-corrected chi connectivity index (χ3v) is 3.82. The molecular weight excluding hydrogens is 204 g/mol. The standard InChI is InChI=1S/C12H22N2O2/c1-14(8-10-4-7-16-9-10)11(15)12(13)5-2-3-6-12/h10H,2-9,13H2,1H3. The molecule has 0 bridgehead atoms. The quantitative estimate of drug-likeness (QED) is 0.772. The Hall–Kier alpha value is -0.610. The second-order valence-corrected chi connectivity index (χ2v) is 5.28. The number of ether oxygens (including phenoxy) is 1. The topological polar surface area (TPSA) is 55.6 Å². The molecule has 4 nitrogen and oxygen atoms in total. The van der Waals surface area contributed by atoms with Crippen molar-refractivity contribution in [1.82, 2.24) is 4.90 Å². The van der Waals surface area contributed by atoms with Gasteiger partial charge in [-0.2, -0.15) is 0 Å². The van der Waals surface area contributed by atoms with E-state index in [9.17, 15) is 4.79 Å². The molecule has 1 saturated carbocycles. The molecule has 2 rings (SSSR count). The van der Waals surface area contributed by atoms with E-state index in [1.54, 1.807) is 0 Å². The average Bonchev–Trinajstić information content (AvgIpc) is 2.89. The van der Waals surface area contributed by atoms with Gasteiger partial charge in [-0.25, -0.2) is 0 Å². The molecule has 1 heterocycles. The number of nitrogens with two attached hydrogens (primary N) is 1. The lowest BCUT2D eigenvalue weighted by Crippen LogP contribution is -2.53. The Kier molecular flexibility index (Phi) is 3.50. The van der Waals surface area contributed by atoms with Crippen LogP contribution in [0.4, 0.5) is 0 Å². The van der Waals surface area contributed by atoms with Gasteiger partial charge in [0.15, 0.2) is 0 Å². The Morgan fingerprint density at radius 3 is 2.75 bits per heavy atom. The van der Waals surface area contributed by atoms with E-state index in [0.717, 1.165) is 51.9 Å². The van der Waals surface area contributed by atoms with Crippen LogP contribution in [-0.2, 0) is 9.53 Å². The first-order chi connectivity index (χ1) is 7.62. The summed E-state index contributed by atoms with van der Waals surface area (Å²) in [5.74, 6) is 0.621. The van der Waals surface area contributed by atoms with Gasteiger partial charge in [0, 0.05) is 26.1 Å². The lowest BCUT2D eigenvalue weighted by atomic mass is 9.96. The molecule has 1 atom stereocenters. The first-order valence-corrected chi connectivity index (χ1v) is 6.24. The number of amides is 1. The Morgan fingerprint density at radius 1 is 1.50 bits per heavy atom. The summed E-state index contributed by atoms with van der Waals surface area (Å²) < 4.78 is 5.32. The number of hydrogen-bond donors (Lipinski definition) is 1. The molecule has 0 radical (unpaired) electrons. The summed E-state index contributed by atoms with van der Waals surface area (Å²) in [6.07, 6.45) is 4.93. The highest BCUT2D eigenvalue weighted by molar-refractivity contribution is 5.86. The molecular formula is C12H22N2O2. The molecule has 2 aliphatic rings. The molecule has 1 aliphatic carbocycles. The van der Waals surface area contributed by atoms with E-state index in [-0.39, 0.29) is 5.91 Å². The summed E-state index contributed by atoms with van der Waals surface area (Å²) >= 11 is 0. The van der Waals surface area contributed by atoms with E-state index in [2.05, 4.69) is 0 Å². The second kappa shape index (κ2) is 4.72. The molecule has 0 aromatic carbocycles. The number of likely N-dealkylation sites (N-methyl/N-ethyl adjacent to an activating group) is 1. The van der Waals surface area contributed by atoms with E-state index in [0.29, 0.717) is 5.92 Å². The van der Waals surface area contributed by atoms with Gasteiger partial charge in [0.25, 0.3) is 0 Å². The molecule has 2 fully saturated rings. The zero-order valence-electron chi connectivity index (χ0n) is 10.1. The molecule has 0 aromatic heterocycles. The molecule has 16 heavy (non-hydrogen) atoms. The monoisotopic (exact) mass is 226 g/mol. The first-order valence-electron chi connectivity index (χ1n) is 6.24. The highest BCUT2D eigenvalue weighted by atomic mass is 16.5. The van der Waals surface area contributed by atoms with E-state index < -0.39 is 5.54 Å². The predicted octanol–water partition coefficient (Wildman–Crippen LogP) is 0.753. The van der Waals surface area contributed by atoms with Crippen molar-refractivity contribution >= 4 is 5.91 Å². The molecule has 0 aromatic rings. The van der Waals surface area contributed by atoms with Crippen molar-refractivity contribution in [2.24, 2.45) is 11.7 Å². The first kappa shape index (κ1) is 11.9. The van der Waals surface area contributed by atoms with E-state index in [1.807, 2.05) is 11.9 Å². The maximum atomic E-state index is 12.2. The SMILES string of the molecule is CN(CC1CCOC1)C(=O)C1(N)CCCC1. The number of carbonyl (C=O) groups is 1. The van der Waals surface area contributed by atoms with Crippen LogP contribution >= 0.6 is 0 Å². The van der Waals surface area contributed by atoms with Gasteiger partial charge in [-0.3, -0.25) is 4.79 Å². The van der Waals surface area contributed by atoms with Gasteiger partial charge in [-0.1, -0.05) is 12.8 Å². The number of rotatable bonds is 3. The zero-order chi connectivity index (χ0) is 11.6. The largest absolute Gasteiger partial charge is 0.381 e. The van der Waals surface area contributed by atoms with Gasteiger partial charge in [0.2, 0.25) is 5.91 Å². The maximum Gasteiger partial charge on any atom is 0.242 e. The third-order valence-electron chi connectivity index (χ3n) is 3.82. The van der Waals surface area contributed by atoms with Gasteiger partial charge < -0.3 is 15.4 Å². The molecule has 1 unspecified atom stereocenters. The summed E-state index contributed by atoms with van der Waals surface area (Å²) in [5.41, 5.74) is 5.58. The minimum Gasteiger partial charge on any atom is -0.381 e. The van der Waals surface area contributed by atoms with Gasteiger partial charge in [0.1, 0.15) is 0 Å². The van der Waals surface area contributed by atoms with Crippen molar-refractivity contribution in [2.45, 2.75) is 37.6 Å². The lowest BCUT2D eigenvalue weighted by molar-refractivity contribution is -0.136. The Balaban J connectivity index is 1.88. The van der Waals surface area contributed by atoms with Crippen molar-refractivity contribution < 1.29 is 9.53 Å². The predicted molar refractivity (Wildman–Crippen MR) is 61.9 cm³/mol. The van der Waals surface area contributed by atoms with Crippen molar-refractivity contribution in [3.8, 4) is 0 Å². The van der Waals surface area contributed by atoms with Crippen LogP contribution in [0.3, 0.4) is 0 Å². The third kappa shape index (κ3) is 2.38. The van der Waals surface area contributed by atoms with Crippen LogP contribution in [0.15, 0.2) is 0 Å². The Bertz CT molecular complexity index is 256. The van der Waals surface area contributed by atoms with Crippen molar-refractivity contribution in [3.05, 3.63) is 0 Å². The van der Waals surface area contributed by atoms with Crippen LogP contribution in [0, 0.1) is 5.92 Å². The van der Waals surface area contributed by atoms with Crippen LogP contribution in [0.25, 0.3) is 0 Å². The summed E-state index contributed by atoms with van der Waals surface area (Å²) in [6.45, 7) is 2.41. The van der Waals surface area contributed by atoms with E-state index in [4.69, 9.17) is 10.5 Å². The fourth-order valence-corrected chi connectivity index (χ4v) is 2.80. The zero-order valence-corrected chi connectivity index (χ0v) is 10.1. The van der Waals surface area contributed by atoms with Crippen molar-refractivity contribution in [1.29, 1.82) is 0 Å². The number of hydrogen-bond acceptors (Lipinski definition) is 3. The van der Waals surface area contributed by atoms with Crippen LogP contribution in [0.5, 0.6) is 0 Å². The Labute approximate surface area is 97.1 Å². The molecule has 2 N–H and O–H groups in total. The minimum atomic E-state index is -0.575. The average molecular weight is 226 g/mol. The molecule has 0 spiro atoms. The van der Waals surface area contributed by atoms with Gasteiger partial charge in [-0.05, 0) is 19.3 Å². The normalized spacial score (nSPS) is 28.2. The molecule has 1 amide bonds. The minimum absolute atomic E-state index is 0.122. The smallest absolute Gasteiger partial charge is 0.242 e. The molecule has 92 valence electrons. The number of nitrogens with zero attached hydrogens (tertiary/aromatic N) is 1. The van der Waals surface area contributed by atoms with Crippen LogP contribution in [-0.4, -0.2) is 43.2 Å². The van der Waals surface area contributed by atoms with Crippen LogP contribution < -0.4 is 5.73 Å². The molecule has 4 heteroatoms. The van der Waals surface area contributed by atoms with Gasteiger partial charge in [-0.15, -0.1) is 0 Å². The summed E-state index contributed by atoms with van der Waals surface area (Å²) in [6, 6.07) is 0. The fourth-order valence-electron chi connectivity index (χ4n) is 2.80. The van der Waals surface area contributed by atoms with Crippen molar-refractivity contribution in [2.75, 3.05) is 26.8 Å². The summed E-state index contributed by atoms with van der Waals surface area (Å²) in [5, 5.41) is 0.